The number of carboxylic acids is 1. The first-order valence-electron chi connectivity index (χ1n) is 8.97. The number of hydrogen-bond donors (Lipinski definition) is 0. The maximum absolute atomic E-state index is 10.2. The second kappa shape index (κ2) is 27.2. The van der Waals surface area contributed by atoms with Gasteiger partial charge in [-0.3, -0.25) is 0 Å². The van der Waals surface area contributed by atoms with Crippen LogP contribution >= 0.6 is 0 Å². The fourth-order valence-corrected chi connectivity index (χ4v) is 2.64. The molecule has 0 fully saturated rings. The zero-order chi connectivity index (χ0) is 14.9. The number of carboxylic acid groups (broad SMARTS) is 1. The van der Waals surface area contributed by atoms with E-state index >= 15 is 0 Å². The number of carbonyl (C=O) groups is 1. The maximum Gasteiger partial charge on any atom is 1.00 e. The summed E-state index contributed by atoms with van der Waals surface area (Å²) in [6.45, 7) is 2.27. The van der Waals surface area contributed by atoms with Crippen molar-refractivity contribution >= 4 is 5.97 Å². The molecule has 136 valence electrons. The number of unbranched alkanes of at least 4 members (excludes halogenated alkanes) is 14. The Kier molecular flexibility index (Phi) is 36.9. The molecular formula is C18H39NaO4. The number of carbonyl (C=O) groups excluding carboxylic acids is 1. The third kappa shape index (κ3) is 30.8. The Morgan fingerprint density at radius 3 is 1.13 bits per heavy atom. The summed E-state index contributed by atoms with van der Waals surface area (Å²) in [7, 11) is 0. The van der Waals surface area contributed by atoms with Gasteiger partial charge in [-0.25, -0.2) is 0 Å². The fraction of sp³-hybridized carbons (Fsp3) is 0.944. The van der Waals surface area contributed by atoms with Crippen LogP contribution < -0.4 is 34.7 Å². The molecule has 23 heavy (non-hydrogen) atoms. The molecule has 4 nitrogen and oxygen atoms in total. The molecule has 5 heteroatoms. The molecule has 0 heterocycles. The zero-order valence-electron chi connectivity index (χ0n) is 15.6. The van der Waals surface area contributed by atoms with Gasteiger partial charge in [-0.05, 0) is 12.8 Å². The second-order valence-corrected chi connectivity index (χ2v) is 6.07. The van der Waals surface area contributed by atoms with Crippen molar-refractivity contribution in [2.24, 2.45) is 0 Å². The van der Waals surface area contributed by atoms with Gasteiger partial charge in [-0.15, -0.1) is 0 Å². The predicted octanol–water partition coefficient (Wildman–Crippen LogP) is 0.352. The number of hydrogen-bond acceptors (Lipinski definition) is 2. The van der Waals surface area contributed by atoms with Crippen LogP contribution in [0.25, 0.3) is 0 Å². The standard InChI is InChI=1S/C18H36O2.Na.2H2O/c1-2-3-4-5-6-7-8-9-10-11-12-13-14-15-16-17-18(19)20;;;/h2-17H2,1H3,(H,19,20);;2*1H2/q;+1;;/p-1. The molecule has 0 unspecified atom stereocenters. The van der Waals surface area contributed by atoms with Gasteiger partial charge in [0.15, 0.2) is 0 Å². The van der Waals surface area contributed by atoms with Crippen molar-refractivity contribution in [2.45, 2.75) is 110 Å². The van der Waals surface area contributed by atoms with E-state index in [9.17, 15) is 9.90 Å². The van der Waals surface area contributed by atoms with Crippen LogP contribution in [0.1, 0.15) is 110 Å². The molecule has 0 aliphatic heterocycles. The molecule has 0 amide bonds. The van der Waals surface area contributed by atoms with Crippen LogP contribution in [0, 0.1) is 0 Å². The van der Waals surface area contributed by atoms with Crippen LogP contribution in [0.5, 0.6) is 0 Å². The van der Waals surface area contributed by atoms with E-state index in [2.05, 4.69) is 6.92 Å². The van der Waals surface area contributed by atoms with Crippen LogP contribution in [0.2, 0.25) is 0 Å². The molecule has 4 N–H and O–H groups in total. The van der Waals surface area contributed by atoms with Crippen molar-refractivity contribution in [2.75, 3.05) is 0 Å². The van der Waals surface area contributed by atoms with E-state index in [1.54, 1.807) is 0 Å². The summed E-state index contributed by atoms with van der Waals surface area (Å²) in [5.74, 6) is -0.903. The minimum absolute atomic E-state index is 0. The molecule has 0 radical (unpaired) electrons. The summed E-state index contributed by atoms with van der Waals surface area (Å²) in [5.41, 5.74) is 0. The van der Waals surface area contributed by atoms with Crippen LogP contribution in [-0.2, 0) is 4.79 Å². The Morgan fingerprint density at radius 2 is 0.870 bits per heavy atom. The van der Waals surface area contributed by atoms with E-state index in [1.807, 2.05) is 0 Å². The summed E-state index contributed by atoms with van der Waals surface area (Å²) in [5, 5.41) is 10.2. The van der Waals surface area contributed by atoms with Crippen molar-refractivity contribution in [1.29, 1.82) is 0 Å². The average molecular weight is 342 g/mol. The summed E-state index contributed by atoms with van der Waals surface area (Å²) >= 11 is 0. The van der Waals surface area contributed by atoms with Gasteiger partial charge in [0.2, 0.25) is 0 Å². The SMILES string of the molecule is CCCCCCCCCCCCCCCCCC(=O)[O-].O.O.[Na+]. The summed E-state index contributed by atoms with van der Waals surface area (Å²) in [6, 6.07) is 0. The molecule has 0 aromatic carbocycles. The normalized spacial score (nSPS) is 9.43. The van der Waals surface area contributed by atoms with Crippen molar-refractivity contribution in [3.05, 3.63) is 0 Å². The molecule has 0 aliphatic carbocycles. The van der Waals surface area contributed by atoms with Crippen LogP contribution in [0.15, 0.2) is 0 Å². The molecule has 0 aromatic rings. The zero-order valence-corrected chi connectivity index (χ0v) is 17.6. The van der Waals surface area contributed by atoms with Gasteiger partial charge >= 0.3 is 29.6 Å². The van der Waals surface area contributed by atoms with E-state index in [0.29, 0.717) is 0 Å². The van der Waals surface area contributed by atoms with Gasteiger partial charge in [-0.1, -0.05) is 96.8 Å². The summed E-state index contributed by atoms with van der Waals surface area (Å²) < 4.78 is 0. The van der Waals surface area contributed by atoms with E-state index in [1.165, 1.54) is 83.5 Å². The summed E-state index contributed by atoms with van der Waals surface area (Å²) in [6.07, 6.45) is 19.9. The van der Waals surface area contributed by atoms with Gasteiger partial charge in [-0.2, -0.15) is 0 Å². The first kappa shape index (κ1) is 31.2. The molecular weight excluding hydrogens is 303 g/mol. The first-order chi connectivity index (χ1) is 9.77. The van der Waals surface area contributed by atoms with Crippen LogP contribution in [0.4, 0.5) is 0 Å². The Hall–Kier alpha value is 0.390. The molecule has 0 aromatic heterocycles. The maximum atomic E-state index is 10.2. The molecule has 0 bridgehead atoms. The Morgan fingerprint density at radius 1 is 0.609 bits per heavy atom. The Bertz CT molecular complexity index is 213. The van der Waals surface area contributed by atoms with Gasteiger partial charge in [0.1, 0.15) is 0 Å². The van der Waals surface area contributed by atoms with Crippen molar-refractivity contribution in [3.8, 4) is 0 Å². The number of aliphatic carboxylic acids is 1. The molecule has 0 saturated carbocycles. The minimum Gasteiger partial charge on any atom is -0.550 e. The topological polar surface area (TPSA) is 103 Å². The van der Waals surface area contributed by atoms with E-state index < -0.39 is 5.97 Å². The largest absolute Gasteiger partial charge is 1.00 e. The second-order valence-electron chi connectivity index (χ2n) is 6.07. The van der Waals surface area contributed by atoms with Crippen molar-refractivity contribution in [3.63, 3.8) is 0 Å². The van der Waals surface area contributed by atoms with Gasteiger partial charge < -0.3 is 20.9 Å². The fourth-order valence-electron chi connectivity index (χ4n) is 2.64. The molecule has 0 atom stereocenters. The van der Waals surface area contributed by atoms with Crippen LogP contribution in [-0.4, -0.2) is 16.9 Å². The summed E-state index contributed by atoms with van der Waals surface area (Å²) in [4.78, 5) is 10.2. The molecule has 0 spiro atoms. The van der Waals surface area contributed by atoms with Gasteiger partial charge in [0.25, 0.3) is 0 Å². The van der Waals surface area contributed by atoms with Crippen LogP contribution in [0.3, 0.4) is 0 Å². The number of rotatable bonds is 16. The Balaban J connectivity index is -0.000000602. The molecule has 0 rings (SSSR count). The third-order valence-electron chi connectivity index (χ3n) is 3.98. The van der Waals surface area contributed by atoms with E-state index in [0.717, 1.165) is 12.8 Å². The van der Waals surface area contributed by atoms with Gasteiger partial charge in [0.05, 0.1) is 0 Å². The minimum atomic E-state index is -0.903. The third-order valence-corrected chi connectivity index (χ3v) is 3.98. The average Bonchev–Trinajstić information content (AvgIpc) is 2.43. The monoisotopic (exact) mass is 342 g/mol. The van der Waals surface area contributed by atoms with Crippen molar-refractivity contribution < 1.29 is 50.4 Å². The quantitative estimate of drug-likeness (QED) is 0.298. The molecule has 0 saturated heterocycles. The van der Waals surface area contributed by atoms with E-state index in [4.69, 9.17) is 0 Å². The predicted molar refractivity (Wildman–Crippen MR) is 91.8 cm³/mol. The smallest absolute Gasteiger partial charge is 0.550 e. The molecule has 0 aliphatic rings. The van der Waals surface area contributed by atoms with Gasteiger partial charge in [0, 0.05) is 5.97 Å². The van der Waals surface area contributed by atoms with E-state index in [-0.39, 0.29) is 46.9 Å². The first-order valence-corrected chi connectivity index (χ1v) is 8.97. The Labute approximate surface area is 165 Å². The van der Waals surface area contributed by atoms with Crippen molar-refractivity contribution in [1.82, 2.24) is 0 Å².